The van der Waals surface area contributed by atoms with Gasteiger partial charge in [-0.25, -0.2) is 4.79 Å². The number of methoxy groups -OCH3 is 1. The number of piperazine rings is 1. The summed E-state index contributed by atoms with van der Waals surface area (Å²) < 4.78 is 10.5. The van der Waals surface area contributed by atoms with E-state index in [1.165, 1.54) is 7.11 Å². The molecule has 1 heterocycles. The molecule has 3 atom stereocenters. The van der Waals surface area contributed by atoms with E-state index in [-0.39, 0.29) is 30.2 Å². The molecular weight excluding hydrogens is 308 g/mol. The lowest BCUT2D eigenvalue weighted by molar-refractivity contribution is -0.150. The summed E-state index contributed by atoms with van der Waals surface area (Å²) in [5, 5.41) is 0. The Hall–Kier alpha value is -1.30. The zero-order valence-electron chi connectivity index (χ0n) is 16.3. The van der Waals surface area contributed by atoms with Gasteiger partial charge in [-0.3, -0.25) is 9.69 Å². The van der Waals surface area contributed by atoms with Crippen LogP contribution in [0.25, 0.3) is 0 Å². The van der Waals surface area contributed by atoms with Crippen LogP contribution in [-0.2, 0) is 14.3 Å². The van der Waals surface area contributed by atoms with Gasteiger partial charge in [-0.05, 0) is 40.0 Å². The molecule has 140 valence electrons. The van der Waals surface area contributed by atoms with Crippen molar-refractivity contribution in [3.05, 3.63) is 0 Å². The lowest BCUT2D eigenvalue weighted by Gasteiger charge is -2.48. The van der Waals surface area contributed by atoms with Gasteiger partial charge in [-0.1, -0.05) is 20.8 Å². The SMILES string of the molecule is CCC(C(=O)OC)N1C[C@H](CC)N(C(=O)OC(C)(C)C)C[C@H]1CC. The lowest BCUT2D eigenvalue weighted by Crippen LogP contribution is -2.63. The largest absolute Gasteiger partial charge is 0.468 e. The smallest absolute Gasteiger partial charge is 0.410 e. The molecule has 1 unspecified atom stereocenters. The zero-order chi connectivity index (χ0) is 18.5. The van der Waals surface area contributed by atoms with Crippen LogP contribution in [-0.4, -0.2) is 65.8 Å². The van der Waals surface area contributed by atoms with Crippen LogP contribution in [0.5, 0.6) is 0 Å². The lowest BCUT2D eigenvalue weighted by atomic mass is 9.99. The molecule has 0 N–H and O–H groups in total. The number of hydrogen-bond donors (Lipinski definition) is 0. The molecule has 1 aliphatic rings. The summed E-state index contributed by atoms with van der Waals surface area (Å²) in [6.45, 7) is 13.0. The maximum atomic E-state index is 12.6. The van der Waals surface area contributed by atoms with Gasteiger partial charge in [0.2, 0.25) is 0 Å². The third-order valence-corrected chi connectivity index (χ3v) is 4.57. The Morgan fingerprint density at radius 1 is 1.08 bits per heavy atom. The second kappa shape index (κ2) is 8.70. The predicted octanol–water partition coefficient (Wildman–Crippen LogP) is 3.05. The summed E-state index contributed by atoms with van der Waals surface area (Å²) in [4.78, 5) is 28.7. The maximum absolute atomic E-state index is 12.6. The van der Waals surface area contributed by atoms with E-state index in [2.05, 4.69) is 18.7 Å². The van der Waals surface area contributed by atoms with Gasteiger partial charge in [-0.15, -0.1) is 0 Å². The van der Waals surface area contributed by atoms with Crippen LogP contribution in [0.2, 0.25) is 0 Å². The number of rotatable bonds is 5. The fourth-order valence-electron chi connectivity index (χ4n) is 3.28. The van der Waals surface area contributed by atoms with Crippen molar-refractivity contribution in [3.8, 4) is 0 Å². The average Bonchev–Trinajstić information content (AvgIpc) is 2.52. The Kier molecular flexibility index (Phi) is 7.52. The van der Waals surface area contributed by atoms with Crippen molar-refractivity contribution >= 4 is 12.1 Å². The van der Waals surface area contributed by atoms with Crippen LogP contribution < -0.4 is 0 Å². The standard InChI is InChI=1S/C18H34N2O4/c1-8-13-12-20(17(22)24-18(4,5)6)14(9-2)11-19(13)15(10-3)16(21)23-7/h13-15H,8-12H2,1-7H3/t13-,14+,15?/m1/s1. The molecule has 0 aromatic carbocycles. The first-order valence-electron chi connectivity index (χ1n) is 9.01. The predicted molar refractivity (Wildman–Crippen MR) is 93.9 cm³/mol. The number of esters is 1. The Labute approximate surface area is 146 Å². The molecule has 1 rings (SSSR count). The van der Waals surface area contributed by atoms with Crippen molar-refractivity contribution in [2.45, 2.75) is 84.5 Å². The van der Waals surface area contributed by atoms with Crippen LogP contribution in [0.1, 0.15) is 60.8 Å². The molecular formula is C18H34N2O4. The average molecular weight is 342 g/mol. The van der Waals surface area contributed by atoms with Gasteiger partial charge in [-0.2, -0.15) is 0 Å². The van der Waals surface area contributed by atoms with Crippen LogP contribution >= 0.6 is 0 Å². The van der Waals surface area contributed by atoms with Gasteiger partial charge in [0.15, 0.2) is 0 Å². The van der Waals surface area contributed by atoms with E-state index in [0.717, 1.165) is 12.8 Å². The quantitative estimate of drug-likeness (QED) is 0.719. The number of carbonyl (C=O) groups is 2. The van der Waals surface area contributed by atoms with Crippen molar-refractivity contribution in [3.63, 3.8) is 0 Å². The molecule has 1 aliphatic heterocycles. The molecule has 0 aromatic rings. The fraction of sp³-hybridized carbons (Fsp3) is 0.889. The third-order valence-electron chi connectivity index (χ3n) is 4.57. The number of carbonyl (C=O) groups excluding carboxylic acids is 2. The Balaban J connectivity index is 2.98. The summed E-state index contributed by atoms with van der Waals surface area (Å²) in [5.41, 5.74) is -0.508. The molecule has 0 saturated carbocycles. The first-order chi connectivity index (χ1) is 11.2. The second-order valence-corrected chi connectivity index (χ2v) is 7.40. The highest BCUT2D eigenvalue weighted by molar-refractivity contribution is 5.75. The van der Waals surface area contributed by atoms with E-state index < -0.39 is 5.60 Å². The van der Waals surface area contributed by atoms with E-state index in [0.29, 0.717) is 19.5 Å². The number of amides is 1. The minimum absolute atomic E-state index is 0.0429. The summed E-state index contributed by atoms with van der Waals surface area (Å²) in [6, 6.07) is -0.0829. The van der Waals surface area contributed by atoms with Gasteiger partial charge >= 0.3 is 12.1 Å². The molecule has 1 saturated heterocycles. The van der Waals surface area contributed by atoms with Crippen LogP contribution in [0.4, 0.5) is 4.79 Å². The van der Waals surface area contributed by atoms with Gasteiger partial charge in [0.25, 0.3) is 0 Å². The van der Waals surface area contributed by atoms with Gasteiger partial charge in [0, 0.05) is 25.2 Å². The highest BCUT2D eigenvalue weighted by Gasteiger charge is 2.41. The van der Waals surface area contributed by atoms with E-state index in [1.54, 1.807) is 0 Å². The zero-order valence-corrected chi connectivity index (χ0v) is 16.3. The molecule has 0 radical (unpaired) electrons. The summed E-state index contributed by atoms with van der Waals surface area (Å²) in [7, 11) is 1.43. The van der Waals surface area contributed by atoms with Crippen molar-refractivity contribution in [2.75, 3.05) is 20.2 Å². The summed E-state index contributed by atoms with van der Waals surface area (Å²) >= 11 is 0. The number of hydrogen-bond acceptors (Lipinski definition) is 5. The Morgan fingerprint density at radius 2 is 1.67 bits per heavy atom. The molecule has 24 heavy (non-hydrogen) atoms. The maximum Gasteiger partial charge on any atom is 0.410 e. The van der Waals surface area contributed by atoms with Gasteiger partial charge in [0.1, 0.15) is 11.6 Å². The fourth-order valence-corrected chi connectivity index (χ4v) is 3.28. The van der Waals surface area contributed by atoms with Crippen molar-refractivity contribution < 1.29 is 19.1 Å². The van der Waals surface area contributed by atoms with E-state index >= 15 is 0 Å². The molecule has 1 amide bonds. The number of ether oxygens (including phenoxy) is 2. The summed E-state index contributed by atoms with van der Waals surface area (Å²) in [5.74, 6) is -0.198. The molecule has 1 fully saturated rings. The Bertz CT molecular complexity index is 433. The van der Waals surface area contributed by atoms with Crippen LogP contribution in [0, 0.1) is 0 Å². The monoisotopic (exact) mass is 342 g/mol. The topological polar surface area (TPSA) is 59.1 Å². The first-order valence-corrected chi connectivity index (χ1v) is 9.01. The Morgan fingerprint density at radius 3 is 2.08 bits per heavy atom. The van der Waals surface area contributed by atoms with Crippen molar-refractivity contribution in [1.29, 1.82) is 0 Å². The first kappa shape index (κ1) is 20.7. The minimum Gasteiger partial charge on any atom is -0.468 e. The molecule has 0 aliphatic carbocycles. The van der Waals surface area contributed by atoms with Gasteiger partial charge < -0.3 is 14.4 Å². The van der Waals surface area contributed by atoms with E-state index in [4.69, 9.17) is 9.47 Å². The molecule has 6 heteroatoms. The second-order valence-electron chi connectivity index (χ2n) is 7.40. The van der Waals surface area contributed by atoms with Crippen LogP contribution in [0.15, 0.2) is 0 Å². The highest BCUT2D eigenvalue weighted by Crippen LogP contribution is 2.25. The van der Waals surface area contributed by atoms with Crippen molar-refractivity contribution in [2.24, 2.45) is 0 Å². The molecule has 0 aromatic heterocycles. The highest BCUT2D eigenvalue weighted by atomic mass is 16.6. The van der Waals surface area contributed by atoms with Gasteiger partial charge in [0.05, 0.1) is 7.11 Å². The van der Waals surface area contributed by atoms with Crippen LogP contribution in [0.3, 0.4) is 0 Å². The number of nitrogens with zero attached hydrogens (tertiary/aromatic N) is 2. The van der Waals surface area contributed by atoms with E-state index in [1.807, 2.05) is 32.6 Å². The van der Waals surface area contributed by atoms with Crippen molar-refractivity contribution in [1.82, 2.24) is 9.80 Å². The molecule has 0 bridgehead atoms. The normalized spacial score (nSPS) is 23.7. The third kappa shape index (κ3) is 5.10. The summed E-state index contributed by atoms with van der Waals surface area (Å²) in [6.07, 6.45) is 2.12. The molecule has 6 nitrogen and oxygen atoms in total. The minimum atomic E-state index is -0.508. The molecule has 0 spiro atoms. The van der Waals surface area contributed by atoms with E-state index in [9.17, 15) is 9.59 Å².